The summed E-state index contributed by atoms with van der Waals surface area (Å²) in [5, 5.41) is 3.12. The van der Waals surface area contributed by atoms with Gasteiger partial charge in [0, 0.05) is 20.6 Å². The molecule has 2 heterocycles. The van der Waals surface area contributed by atoms with Gasteiger partial charge in [0.2, 0.25) is 0 Å². The van der Waals surface area contributed by atoms with Crippen molar-refractivity contribution in [3.63, 3.8) is 0 Å². The molecule has 2 aromatic heterocycles. The molecule has 0 fully saturated rings. The first kappa shape index (κ1) is 16.9. The molecule has 0 saturated heterocycles. The van der Waals surface area contributed by atoms with E-state index in [0.717, 1.165) is 30.3 Å². The molecule has 0 radical (unpaired) electrons. The lowest BCUT2D eigenvalue weighted by Gasteiger charge is -2.08. The lowest BCUT2D eigenvalue weighted by Crippen LogP contribution is -2.37. The molecule has 1 N–H and O–H groups in total. The third-order valence-corrected chi connectivity index (χ3v) is 3.85. The molecule has 0 bridgehead atoms. The Morgan fingerprint density at radius 3 is 2.57 bits per heavy atom. The average molecular weight is 318 g/mol. The van der Waals surface area contributed by atoms with Crippen LogP contribution in [0.1, 0.15) is 43.1 Å². The molecule has 23 heavy (non-hydrogen) atoms. The average Bonchev–Trinajstić information content (AvgIpc) is 2.57. The van der Waals surface area contributed by atoms with Crippen molar-refractivity contribution in [3.8, 4) is 0 Å². The number of aryl methyl sites for hydroxylation is 1. The van der Waals surface area contributed by atoms with Gasteiger partial charge in [0.1, 0.15) is 11.3 Å². The maximum atomic E-state index is 12.1. The number of amides is 1. The molecule has 0 saturated carbocycles. The zero-order valence-corrected chi connectivity index (χ0v) is 13.8. The van der Waals surface area contributed by atoms with Gasteiger partial charge in [-0.15, -0.1) is 0 Å². The van der Waals surface area contributed by atoms with E-state index < -0.39 is 11.2 Å². The molecule has 7 heteroatoms. The predicted molar refractivity (Wildman–Crippen MR) is 88.7 cm³/mol. The second-order valence-electron chi connectivity index (χ2n) is 5.59. The minimum Gasteiger partial charge on any atom is -0.351 e. The largest absolute Gasteiger partial charge is 0.351 e. The number of hydrogen-bond donors (Lipinski definition) is 1. The highest BCUT2D eigenvalue weighted by molar-refractivity contribution is 5.94. The van der Waals surface area contributed by atoms with Crippen LogP contribution >= 0.6 is 0 Å². The van der Waals surface area contributed by atoms with Crippen molar-refractivity contribution in [1.82, 2.24) is 19.4 Å². The van der Waals surface area contributed by atoms with E-state index in [1.165, 1.54) is 30.8 Å². The van der Waals surface area contributed by atoms with Crippen LogP contribution < -0.4 is 16.6 Å². The summed E-state index contributed by atoms with van der Waals surface area (Å²) in [4.78, 5) is 40.3. The fraction of sp³-hybridized carbons (Fsp3) is 0.500. The standard InChI is InChI=1S/C16H22N4O3/c1-4-5-6-7-10-17-14(21)12-9-8-11-13(18-12)19(2)16(23)20(3)15(11)22/h8-9H,4-7,10H2,1-3H3,(H,17,21). The smallest absolute Gasteiger partial charge is 0.332 e. The lowest BCUT2D eigenvalue weighted by atomic mass is 10.2. The van der Waals surface area contributed by atoms with Gasteiger partial charge in [-0.3, -0.25) is 18.7 Å². The molecule has 0 spiro atoms. The molecule has 2 aromatic rings. The van der Waals surface area contributed by atoms with Crippen LogP contribution in [0.4, 0.5) is 0 Å². The van der Waals surface area contributed by atoms with Crippen LogP contribution in [0.15, 0.2) is 21.7 Å². The fourth-order valence-corrected chi connectivity index (χ4v) is 2.42. The number of aromatic nitrogens is 3. The summed E-state index contributed by atoms with van der Waals surface area (Å²) in [6.45, 7) is 2.72. The highest BCUT2D eigenvalue weighted by atomic mass is 16.2. The number of carbonyl (C=O) groups excluding carboxylic acids is 1. The first-order valence-electron chi connectivity index (χ1n) is 7.82. The van der Waals surface area contributed by atoms with Crippen molar-refractivity contribution in [2.45, 2.75) is 32.6 Å². The number of unbranched alkanes of at least 4 members (excludes halogenated alkanes) is 3. The maximum absolute atomic E-state index is 12.1. The summed E-state index contributed by atoms with van der Waals surface area (Å²) >= 11 is 0. The minimum atomic E-state index is -0.466. The Hall–Kier alpha value is -2.44. The summed E-state index contributed by atoms with van der Waals surface area (Å²) in [6, 6.07) is 3.05. The van der Waals surface area contributed by atoms with E-state index in [2.05, 4.69) is 17.2 Å². The Labute approximate surface area is 134 Å². The molecule has 0 aliphatic heterocycles. The lowest BCUT2D eigenvalue weighted by molar-refractivity contribution is 0.0948. The normalized spacial score (nSPS) is 10.9. The number of hydrogen-bond acceptors (Lipinski definition) is 4. The maximum Gasteiger partial charge on any atom is 0.332 e. The van der Waals surface area contributed by atoms with Crippen molar-refractivity contribution in [2.75, 3.05) is 6.54 Å². The molecule has 1 amide bonds. The molecule has 0 aliphatic rings. The van der Waals surface area contributed by atoms with E-state index in [4.69, 9.17) is 0 Å². The topological polar surface area (TPSA) is 86.0 Å². The monoisotopic (exact) mass is 318 g/mol. The molecule has 0 unspecified atom stereocenters. The highest BCUT2D eigenvalue weighted by Crippen LogP contribution is 2.06. The van der Waals surface area contributed by atoms with Gasteiger partial charge in [-0.25, -0.2) is 9.78 Å². The van der Waals surface area contributed by atoms with Crippen LogP contribution in [-0.2, 0) is 14.1 Å². The van der Waals surface area contributed by atoms with Gasteiger partial charge >= 0.3 is 5.69 Å². The van der Waals surface area contributed by atoms with Gasteiger partial charge in [0.25, 0.3) is 11.5 Å². The third kappa shape index (κ3) is 3.49. The second-order valence-corrected chi connectivity index (χ2v) is 5.59. The van der Waals surface area contributed by atoms with Gasteiger partial charge in [-0.1, -0.05) is 26.2 Å². The first-order valence-corrected chi connectivity index (χ1v) is 7.82. The Morgan fingerprint density at radius 1 is 1.13 bits per heavy atom. The van der Waals surface area contributed by atoms with Gasteiger partial charge in [-0.05, 0) is 18.6 Å². The van der Waals surface area contributed by atoms with E-state index in [0.29, 0.717) is 11.9 Å². The Kier molecular flexibility index (Phi) is 5.31. The molecule has 0 atom stereocenters. The molecule has 2 rings (SSSR count). The number of fused-ring (bicyclic) bond motifs is 1. The van der Waals surface area contributed by atoms with Crippen LogP contribution in [0.5, 0.6) is 0 Å². The van der Waals surface area contributed by atoms with Crippen molar-refractivity contribution in [2.24, 2.45) is 14.1 Å². The minimum absolute atomic E-state index is 0.205. The van der Waals surface area contributed by atoms with Crippen LogP contribution in [-0.4, -0.2) is 26.6 Å². The van der Waals surface area contributed by atoms with E-state index in [9.17, 15) is 14.4 Å². The first-order chi connectivity index (χ1) is 11.0. The van der Waals surface area contributed by atoms with E-state index >= 15 is 0 Å². The molecule has 124 valence electrons. The van der Waals surface area contributed by atoms with Crippen LogP contribution in [0.3, 0.4) is 0 Å². The Bertz CT molecular complexity index is 836. The van der Waals surface area contributed by atoms with Crippen molar-refractivity contribution in [1.29, 1.82) is 0 Å². The molecule has 0 aromatic carbocycles. The summed E-state index contributed by atoms with van der Waals surface area (Å²) in [5.41, 5.74) is -0.456. The second kappa shape index (κ2) is 7.21. The third-order valence-electron chi connectivity index (χ3n) is 3.85. The number of nitrogens with one attached hydrogen (secondary N) is 1. The number of carbonyl (C=O) groups is 1. The molecule has 0 aliphatic carbocycles. The van der Waals surface area contributed by atoms with E-state index in [1.54, 1.807) is 0 Å². The van der Waals surface area contributed by atoms with Crippen molar-refractivity contribution >= 4 is 16.9 Å². The van der Waals surface area contributed by atoms with Gasteiger partial charge < -0.3 is 5.32 Å². The quantitative estimate of drug-likeness (QED) is 0.803. The number of nitrogens with zero attached hydrogens (tertiary/aromatic N) is 3. The Balaban J connectivity index is 2.25. The summed E-state index contributed by atoms with van der Waals surface area (Å²) in [5.74, 6) is -0.295. The van der Waals surface area contributed by atoms with Gasteiger partial charge in [0.15, 0.2) is 0 Å². The van der Waals surface area contributed by atoms with Gasteiger partial charge in [-0.2, -0.15) is 0 Å². The van der Waals surface area contributed by atoms with E-state index in [1.807, 2.05) is 0 Å². The summed E-state index contributed by atoms with van der Waals surface area (Å²) in [6.07, 6.45) is 4.29. The molecular weight excluding hydrogens is 296 g/mol. The fourth-order valence-electron chi connectivity index (χ4n) is 2.42. The Morgan fingerprint density at radius 2 is 1.87 bits per heavy atom. The summed E-state index contributed by atoms with van der Waals surface area (Å²) < 4.78 is 2.30. The molecule has 7 nitrogen and oxygen atoms in total. The van der Waals surface area contributed by atoms with Crippen LogP contribution in [0.2, 0.25) is 0 Å². The number of pyridine rings is 1. The van der Waals surface area contributed by atoms with Crippen LogP contribution in [0, 0.1) is 0 Å². The van der Waals surface area contributed by atoms with Gasteiger partial charge in [0.05, 0.1) is 5.39 Å². The number of rotatable bonds is 6. The summed E-state index contributed by atoms with van der Waals surface area (Å²) in [7, 11) is 2.95. The molecular formula is C16H22N4O3. The van der Waals surface area contributed by atoms with E-state index in [-0.39, 0.29) is 17.2 Å². The zero-order valence-electron chi connectivity index (χ0n) is 13.8. The van der Waals surface area contributed by atoms with Crippen molar-refractivity contribution < 1.29 is 4.79 Å². The zero-order chi connectivity index (χ0) is 17.0. The van der Waals surface area contributed by atoms with Crippen LogP contribution in [0.25, 0.3) is 11.0 Å². The SMILES string of the molecule is CCCCCCNC(=O)c1ccc2c(=O)n(C)c(=O)n(C)c2n1. The van der Waals surface area contributed by atoms with Crippen molar-refractivity contribution in [3.05, 3.63) is 38.7 Å². The predicted octanol–water partition coefficient (Wildman–Crippen LogP) is 0.942. The highest BCUT2D eigenvalue weighted by Gasteiger charge is 2.13.